The number of nitrogens with one attached hydrogen (secondary N) is 1. The molecule has 2 N–H and O–H groups in total. The number of rotatable bonds is 6. The van der Waals surface area contributed by atoms with Crippen molar-refractivity contribution in [3.05, 3.63) is 21.0 Å². The minimum absolute atomic E-state index is 0.0961. The Bertz CT molecular complexity index is 486. The van der Waals surface area contributed by atoms with Crippen molar-refractivity contribution in [3.63, 3.8) is 0 Å². The van der Waals surface area contributed by atoms with E-state index in [1.165, 1.54) is 37.0 Å². The maximum atomic E-state index is 11.9. The number of aliphatic hydroxyl groups excluding tert-OH is 1. The van der Waals surface area contributed by atoms with E-state index in [-0.39, 0.29) is 18.7 Å². The lowest BCUT2D eigenvalue weighted by atomic mass is 10.1. The van der Waals surface area contributed by atoms with Crippen LogP contribution in [0.1, 0.15) is 19.3 Å². The Kier molecular flexibility index (Phi) is 6.00. The molecule has 0 spiro atoms. The molecule has 1 saturated heterocycles. The summed E-state index contributed by atoms with van der Waals surface area (Å²) in [4.78, 5) is 14.4. The smallest absolute Gasteiger partial charge is 0.283 e. The molecule has 0 bridgehead atoms. The van der Waals surface area contributed by atoms with Crippen LogP contribution in [0.5, 0.6) is 0 Å². The summed E-state index contributed by atoms with van der Waals surface area (Å²) in [6, 6.07) is 0. The Morgan fingerprint density at radius 3 is 2.75 bits per heavy atom. The van der Waals surface area contributed by atoms with E-state index in [9.17, 15) is 4.79 Å². The molecule has 2 heterocycles. The van der Waals surface area contributed by atoms with E-state index in [4.69, 9.17) is 5.11 Å². The van der Waals surface area contributed by atoms with Crippen LogP contribution in [0.25, 0.3) is 0 Å². The highest BCUT2D eigenvalue weighted by molar-refractivity contribution is 9.10. The average molecular weight is 345 g/mol. The predicted molar refractivity (Wildman–Crippen MR) is 82.1 cm³/mol. The third kappa shape index (κ3) is 4.04. The molecule has 1 aromatic rings. The van der Waals surface area contributed by atoms with Crippen LogP contribution in [-0.4, -0.2) is 52.6 Å². The lowest BCUT2D eigenvalue weighted by Gasteiger charge is -2.26. The highest BCUT2D eigenvalue weighted by Crippen LogP contribution is 2.16. The van der Waals surface area contributed by atoms with E-state index in [0.29, 0.717) is 10.2 Å². The highest BCUT2D eigenvalue weighted by atomic mass is 79.9. The van der Waals surface area contributed by atoms with E-state index < -0.39 is 0 Å². The normalized spacial score (nSPS) is 16.3. The van der Waals surface area contributed by atoms with Crippen LogP contribution in [0.4, 0.5) is 5.69 Å². The van der Waals surface area contributed by atoms with Gasteiger partial charge in [0.05, 0.1) is 25.0 Å². The summed E-state index contributed by atoms with van der Waals surface area (Å²) in [6.07, 6.45) is 5.52. The maximum Gasteiger partial charge on any atom is 0.283 e. The summed E-state index contributed by atoms with van der Waals surface area (Å²) in [7, 11) is 0. The van der Waals surface area contributed by atoms with Crippen LogP contribution in [0.3, 0.4) is 0 Å². The van der Waals surface area contributed by atoms with Gasteiger partial charge >= 0.3 is 0 Å². The van der Waals surface area contributed by atoms with Crippen LogP contribution in [0.15, 0.2) is 15.5 Å². The number of piperidine rings is 1. The number of hydrogen-bond donors (Lipinski definition) is 2. The fourth-order valence-electron chi connectivity index (χ4n) is 2.37. The van der Waals surface area contributed by atoms with Crippen LogP contribution in [0, 0.1) is 0 Å². The van der Waals surface area contributed by atoms with Crippen LogP contribution >= 0.6 is 15.9 Å². The number of anilines is 1. The molecular weight excluding hydrogens is 324 g/mol. The molecule has 6 nitrogen and oxygen atoms in total. The summed E-state index contributed by atoms with van der Waals surface area (Å²) < 4.78 is 1.72. The van der Waals surface area contributed by atoms with Crippen molar-refractivity contribution in [3.8, 4) is 0 Å². The fraction of sp³-hybridized carbons (Fsp3) is 0.692. The van der Waals surface area contributed by atoms with Crippen molar-refractivity contribution < 1.29 is 5.11 Å². The van der Waals surface area contributed by atoms with Gasteiger partial charge in [0.1, 0.15) is 4.47 Å². The first-order chi connectivity index (χ1) is 9.72. The van der Waals surface area contributed by atoms with E-state index >= 15 is 0 Å². The molecule has 1 aromatic heterocycles. The van der Waals surface area contributed by atoms with Crippen molar-refractivity contribution in [2.24, 2.45) is 0 Å². The van der Waals surface area contributed by atoms with Gasteiger partial charge in [-0.25, -0.2) is 4.68 Å². The number of halogens is 1. The van der Waals surface area contributed by atoms with Gasteiger partial charge < -0.3 is 15.3 Å². The Hall–Kier alpha value is -0.920. The maximum absolute atomic E-state index is 11.9. The SMILES string of the molecule is O=c1c(Br)c(NCCN2CCCCC2)cnn1CCO. The Morgan fingerprint density at radius 2 is 2.05 bits per heavy atom. The fourth-order valence-corrected chi connectivity index (χ4v) is 2.82. The molecule has 0 radical (unpaired) electrons. The molecule has 0 amide bonds. The number of nitrogens with zero attached hydrogens (tertiary/aromatic N) is 3. The van der Waals surface area contributed by atoms with E-state index in [1.807, 2.05) is 0 Å². The number of aromatic nitrogens is 2. The van der Waals surface area contributed by atoms with Gasteiger partial charge in [-0.2, -0.15) is 5.10 Å². The molecule has 112 valence electrons. The third-order valence-corrected chi connectivity index (χ3v) is 4.26. The summed E-state index contributed by atoms with van der Waals surface area (Å²) in [5.74, 6) is 0. The summed E-state index contributed by atoms with van der Waals surface area (Å²) >= 11 is 3.30. The lowest BCUT2D eigenvalue weighted by Crippen LogP contribution is -2.34. The van der Waals surface area contributed by atoms with Crippen molar-refractivity contribution in [1.82, 2.24) is 14.7 Å². The molecular formula is C13H21BrN4O2. The molecule has 0 aromatic carbocycles. The first-order valence-electron chi connectivity index (χ1n) is 7.05. The Morgan fingerprint density at radius 1 is 1.30 bits per heavy atom. The standard InChI is InChI=1S/C13H21BrN4O2/c14-12-11(10-16-18(8-9-19)13(12)20)15-4-7-17-5-2-1-3-6-17/h10,15,19H,1-9H2. The minimum Gasteiger partial charge on any atom is -0.394 e. The summed E-state index contributed by atoms with van der Waals surface area (Å²) in [5.41, 5.74) is 0.489. The zero-order chi connectivity index (χ0) is 14.4. The van der Waals surface area contributed by atoms with Crippen LogP contribution < -0.4 is 10.9 Å². The molecule has 0 unspecified atom stereocenters. The van der Waals surface area contributed by atoms with Crippen LogP contribution in [0.2, 0.25) is 0 Å². The second-order valence-corrected chi connectivity index (χ2v) is 5.75. The van der Waals surface area contributed by atoms with Crippen LogP contribution in [-0.2, 0) is 6.54 Å². The van der Waals surface area contributed by atoms with Crippen molar-refractivity contribution >= 4 is 21.6 Å². The monoisotopic (exact) mass is 344 g/mol. The molecule has 1 aliphatic heterocycles. The van der Waals surface area contributed by atoms with Gasteiger partial charge in [0, 0.05) is 13.1 Å². The largest absolute Gasteiger partial charge is 0.394 e. The molecule has 20 heavy (non-hydrogen) atoms. The van der Waals surface area contributed by atoms with Gasteiger partial charge in [0.2, 0.25) is 0 Å². The van der Waals surface area contributed by atoms with Gasteiger partial charge in [0.15, 0.2) is 0 Å². The lowest BCUT2D eigenvalue weighted by molar-refractivity contribution is 0.237. The summed E-state index contributed by atoms with van der Waals surface area (Å²) in [5, 5.41) is 16.1. The van der Waals surface area contributed by atoms with Gasteiger partial charge in [-0.05, 0) is 41.9 Å². The summed E-state index contributed by atoms with van der Waals surface area (Å²) in [6.45, 7) is 4.22. The molecule has 0 saturated carbocycles. The molecule has 1 fully saturated rings. The van der Waals surface area contributed by atoms with E-state index in [0.717, 1.165) is 13.1 Å². The third-order valence-electron chi connectivity index (χ3n) is 3.49. The highest BCUT2D eigenvalue weighted by Gasteiger charge is 2.11. The number of aliphatic hydroxyl groups is 1. The van der Waals surface area contributed by atoms with Crippen molar-refractivity contribution in [2.75, 3.05) is 38.1 Å². The number of likely N-dealkylation sites (tertiary alicyclic amines) is 1. The van der Waals surface area contributed by atoms with Gasteiger partial charge in [-0.3, -0.25) is 4.79 Å². The Labute approximate surface area is 126 Å². The first-order valence-corrected chi connectivity index (χ1v) is 7.84. The average Bonchev–Trinajstić information content (AvgIpc) is 2.48. The molecule has 2 rings (SSSR count). The molecule has 7 heteroatoms. The molecule has 0 aliphatic carbocycles. The quantitative estimate of drug-likeness (QED) is 0.802. The predicted octanol–water partition coefficient (Wildman–Crippen LogP) is 0.896. The van der Waals surface area contributed by atoms with Crippen molar-refractivity contribution in [1.29, 1.82) is 0 Å². The topological polar surface area (TPSA) is 70.4 Å². The first kappa shape index (κ1) is 15.5. The zero-order valence-electron chi connectivity index (χ0n) is 11.5. The van der Waals surface area contributed by atoms with Gasteiger partial charge in [-0.1, -0.05) is 6.42 Å². The molecule has 0 atom stereocenters. The van der Waals surface area contributed by atoms with Gasteiger partial charge in [0.25, 0.3) is 5.56 Å². The van der Waals surface area contributed by atoms with E-state index in [2.05, 4.69) is 31.2 Å². The minimum atomic E-state index is -0.220. The van der Waals surface area contributed by atoms with Gasteiger partial charge in [-0.15, -0.1) is 0 Å². The van der Waals surface area contributed by atoms with Crippen molar-refractivity contribution in [2.45, 2.75) is 25.8 Å². The zero-order valence-corrected chi connectivity index (χ0v) is 13.1. The second kappa shape index (κ2) is 7.75. The molecule has 1 aliphatic rings. The number of hydrogen-bond acceptors (Lipinski definition) is 5. The van der Waals surface area contributed by atoms with E-state index in [1.54, 1.807) is 6.20 Å². The Balaban J connectivity index is 1.89. The second-order valence-electron chi connectivity index (χ2n) is 4.95.